The van der Waals surface area contributed by atoms with E-state index in [4.69, 9.17) is 0 Å². The molecule has 1 aliphatic heterocycles. The summed E-state index contributed by atoms with van der Waals surface area (Å²) in [5, 5.41) is 3.58. The van der Waals surface area contributed by atoms with Gasteiger partial charge in [-0.15, -0.1) is 0 Å². The Bertz CT molecular complexity index is 248. The molecule has 0 bridgehead atoms. The smallest absolute Gasteiger partial charge is 0.0121 e. The Morgan fingerprint density at radius 2 is 2.00 bits per heavy atom. The summed E-state index contributed by atoms with van der Waals surface area (Å²) in [5.74, 6) is 2.74. The predicted octanol–water partition coefficient (Wildman–Crippen LogP) is 3.52. The zero-order chi connectivity index (χ0) is 13.7. The fourth-order valence-electron chi connectivity index (χ4n) is 4.28. The standard InChI is InChI=1S/C17H34N2/c1-4-10-19(13-16-6-5-9-18-12-16)17-8-7-14(2)11-15(17)3/h14-18H,4-13H2,1-3H3. The van der Waals surface area contributed by atoms with E-state index in [1.54, 1.807) is 0 Å². The van der Waals surface area contributed by atoms with Crippen LogP contribution in [-0.2, 0) is 0 Å². The Labute approximate surface area is 120 Å². The molecule has 2 heteroatoms. The van der Waals surface area contributed by atoms with Crippen molar-refractivity contribution in [1.29, 1.82) is 0 Å². The number of nitrogens with zero attached hydrogens (tertiary/aromatic N) is 1. The van der Waals surface area contributed by atoms with Gasteiger partial charge in [-0.3, -0.25) is 4.90 Å². The van der Waals surface area contributed by atoms with E-state index in [1.807, 2.05) is 0 Å². The third-order valence-electron chi connectivity index (χ3n) is 5.26. The van der Waals surface area contributed by atoms with Crippen LogP contribution in [0.25, 0.3) is 0 Å². The van der Waals surface area contributed by atoms with E-state index in [9.17, 15) is 0 Å². The van der Waals surface area contributed by atoms with Gasteiger partial charge < -0.3 is 5.32 Å². The van der Waals surface area contributed by atoms with Gasteiger partial charge in [0, 0.05) is 12.6 Å². The molecule has 2 nitrogen and oxygen atoms in total. The van der Waals surface area contributed by atoms with Crippen molar-refractivity contribution in [2.24, 2.45) is 17.8 Å². The van der Waals surface area contributed by atoms with Gasteiger partial charge in [-0.1, -0.05) is 20.8 Å². The summed E-state index contributed by atoms with van der Waals surface area (Å²) < 4.78 is 0. The molecule has 0 aromatic carbocycles. The van der Waals surface area contributed by atoms with E-state index in [0.29, 0.717) is 0 Å². The Kier molecular flexibility index (Phi) is 6.15. The maximum absolute atomic E-state index is 3.58. The van der Waals surface area contributed by atoms with Gasteiger partial charge in [0.05, 0.1) is 0 Å². The lowest BCUT2D eigenvalue weighted by molar-refractivity contribution is 0.0742. The molecule has 1 saturated carbocycles. The Balaban J connectivity index is 1.90. The topological polar surface area (TPSA) is 15.3 Å². The third kappa shape index (κ3) is 4.46. The summed E-state index contributed by atoms with van der Waals surface area (Å²) in [6, 6.07) is 0.859. The molecule has 0 radical (unpaired) electrons. The Morgan fingerprint density at radius 1 is 1.16 bits per heavy atom. The average molecular weight is 266 g/mol. The van der Waals surface area contributed by atoms with Crippen molar-refractivity contribution in [2.75, 3.05) is 26.2 Å². The van der Waals surface area contributed by atoms with Gasteiger partial charge in [0.1, 0.15) is 0 Å². The van der Waals surface area contributed by atoms with Crippen LogP contribution in [0.1, 0.15) is 59.3 Å². The van der Waals surface area contributed by atoms with E-state index < -0.39 is 0 Å². The minimum absolute atomic E-state index is 0.859. The summed E-state index contributed by atoms with van der Waals surface area (Å²) in [6.07, 6.45) is 8.43. The number of hydrogen-bond donors (Lipinski definition) is 1. The minimum Gasteiger partial charge on any atom is -0.316 e. The lowest BCUT2D eigenvalue weighted by Gasteiger charge is -2.42. The van der Waals surface area contributed by atoms with Gasteiger partial charge >= 0.3 is 0 Å². The zero-order valence-electron chi connectivity index (χ0n) is 13.3. The molecule has 0 aromatic rings. The van der Waals surface area contributed by atoms with Crippen molar-refractivity contribution in [1.82, 2.24) is 10.2 Å². The summed E-state index contributed by atoms with van der Waals surface area (Å²) in [7, 11) is 0. The zero-order valence-corrected chi connectivity index (χ0v) is 13.3. The van der Waals surface area contributed by atoms with Gasteiger partial charge in [-0.2, -0.15) is 0 Å². The summed E-state index contributed by atoms with van der Waals surface area (Å²) in [4.78, 5) is 2.84. The second-order valence-electron chi connectivity index (χ2n) is 7.17. The van der Waals surface area contributed by atoms with E-state index in [2.05, 4.69) is 31.0 Å². The van der Waals surface area contributed by atoms with Crippen LogP contribution in [0.3, 0.4) is 0 Å². The first-order valence-corrected chi connectivity index (χ1v) is 8.65. The average Bonchev–Trinajstić information content (AvgIpc) is 2.39. The lowest BCUT2D eigenvalue weighted by Crippen LogP contribution is -2.47. The van der Waals surface area contributed by atoms with Gasteiger partial charge in [-0.05, 0) is 75.9 Å². The Morgan fingerprint density at radius 3 is 2.63 bits per heavy atom. The lowest BCUT2D eigenvalue weighted by atomic mass is 9.78. The Hall–Kier alpha value is -0.0800. The maximum Gasteiger partial charge on any atom is 0.0121 e. The third-order valence-corrected chi connectivity index (χ3v) is 5.26. The number of rotatable bonds is 5. The molecule has 1 saturated heterocycles. The number of hydrogen-bond acceptors (Lipinski definition) is 2. The molecule has 2 aliphatic rings. The molecule has 2 fully saturated rings. The minimum atomic E-state index is 0.859. The second kappa shape index (κ2) is 7.64. The van der Waals surface area contributed by atoms with Crippen LogP contribution < -0.4 is 5.32 Å². The molecule has 2 rings (SSSR count). The fraction of sp³-hybridized carbons (Fsp3) is 1.00. The molecule has 4 atom stereocenters. The van der Waals surface area contributed by atoms with E-state index in [1.165, 1.54) is 64.7 Å². The van der Waals surface area contributed by atoms with Crippen molar-refractivity contribution in [3.8, 4) is 0 Å². The largest absolute Gasteiger partial charge is 0.316 e. The predicted molar refractivity (Wildman–Crippen MR) is 83.4 cm³/mol. The van der Waals surface area contributed by atoms with Crippen molar-refractivity contribution in [2.45, 2.75) is 65.3 Å². The van der Waals surface area contributed by atoms with Crippen LogP contribution in [0.15, 0.2) is 0 Å². The molecule has 19 heavy (non-hydrogen) atoms. The molecule has 0 aromatic heterocycles. The number of piperidine rings is 1. The highest BCUT2D eigenvalue weighted by atomic mass is 15.2. The van der Waals surface area contributed by atoms with Gasteiger partial charge in [0.15, 0.2) is 0 Å². The summed E-state index contributed by atoms with van der Waals surface area (Å²) in [6.45, 7) is 12.4. The first-order chi connectivity index (χ1) is 9.20. The van der Waals surface area contributed by atoms with Crippen LogP contribution in [0, 0.1) is 17.8 Å². The highest BCUT2D eigenvalue weighted by Crippen LogP contribution is 2.32. The van der Waals surface area contributed by atoms with Crippen LogP contribution >= 0.6 is 0 Å². The molecule has 0 spiro atoms. The van der Waals surface area contributed by atoms with Crippen molar-refractivity contribution >= 4 is 0 Å². The summed E-state index contributed by atoms with van der Waals surface area (Å²) >= 11 is 0. The maximum atomic E-state index is 3.58. The van der Waals surface area contributed by atoms with Gasteiger partial charge in [0.25, 0.3) is 0 Å². The van der Waals surface area contributed by atoms with Gasteiger partial charge in [-0.25, -0.2) is 0 Å². The quantitative estimate of drug-likeness (QED) is 0.819. The van der Waals surface area contributed by atoms with Crippen LogP contribution in [-0.4, -0.2) is 37.1 Å². The van der Waals surface area contributed by atoms with Gasteiger partial charge in [0.2, 0.25) is 0 Å². The highest BCUT2D eigenvalue weighted by molar-refractivity contribution is 4.85. The van der Waals surface area contributed by atoms with Crippen LogP contribution in [0.2, 0.25) is 0 Å². The number of nitrogens with one attached hydrogen (secondary N) is 1. The van der Waals surface area contributed by atoms with Crippen molar-refractivity contribution < 1.29 is 0 Å². The molecular formula is C17H34N2. The van der Waals surface area contributed by atoms with Crippen LogP contribution in [0.4, 0.5) is 0 Å². The SMILES string of the molecule is CCCN(CC1CCCNC1)C1CCC(C)CC1C. The van der Waals surface area contributed by atoms with Crippen molar-refractivity contribution in [3.63, 3.8) is 0 Å². The van der Waals surface area contributed by atoms with E-state index >= 15 is 0 Å². The van der Waals surface area contributed by atoms with E-state index in [-0.39, 0.29) is 0 Å². The molecule has 1 aliphatic carbocycles. The molecule has 1 heterocycles. The highest BCUT2D eigenvalue weighted by Gasteiger charge is 2.30. The summed E-state index contributed by atoms with van der Waals surface area (Å²) in [5.41, 5.74) is 0. The van der Waals surface area contributed by atoms with Crippen molar-refractivity contribution in [3.05, 3.63) is 0 Å². The molecule has 1 N–H and O–H groups in total. The molecular weight excluding hydrogens is 232 g/mol. The first kappa shape index (κ1) is 15.3. The molecule has 4 unspecified atom stereocenters. The second-order valence-corrected chi connectivity index (χ2v) is 7.17. The molecule has 0 amide bonds. The first-order valence-electron chi connectivity index (χ1n) is 8.65. The fourth-order valence-corrected chi connectivity index (χ4v) is 4.28. The van der Waals surface area contributed by atoms with Crippen LogP contribution in [0.5, 0.6) is 0 Å². The molecule has 112 valence electrons. The van der Waals surface area contributed by atoms with E-state index in [0.717, 1.165) is 23.8 Å². The monoisotopic (exact) mass is 266 g/mol. The normalized spacial score (nSPS) is 36.6.